The minimum absolute atomic E-state index is 0.416. The number of likely N-dealkylation sites (tertiary alicyclic amines) is 1. The molecular formula is C11H14I2N6. The van der Waals surface area contributed by atoms with Crippen LogP contribution in [0.5, 0.6) is 0 Å². The van der Waals surface area contributed by atoms with Crippen LogP contribution in [0.4, 0.5) is 5.82 Å². The van der Waals surface area contributed by atoms with E-state index in [0.29, 0.717) is 11.9 Å². The summed E-state index contributed by atoms with van der Waals surface area (Å²) in [6, 6.07) is 0.416. The molecule has 2 aromatic heterocycles. The molecule has 0 atom stereocenters. The summed E-state index contributed by atoms with van der Waals surface area (Å²) in [5.41, 5.74) is 6.79. The van der Waals surface area contributed by atoms with Crippen LogP contribution >= 0.6 is 45.2 Å². The van der Waals surface area contributed by atoms with Gasteiger partial charge in [0.15, 0.2) is 5.65 Å². The Morgan fingerprint density at radius 1 is 1.32 bits per heavy atom. The highest BCUT2D eigenvalue weighted by molar-refractivity contribution is 14.1. The van der Waals surface area contributed by atoms with Gasteiger partial charge >= 0.3 is 0 Å². The van der Waals surface area contributed by atoms with Crippen molar-refractivity contribution in [2.75, 3.05) is 23.4 Å². The average molecular weight is 484 g/mol. The molecule has 102 valence electrons. The molecule has 0 unspecified atom stereocenters. The number of hydrogen-bond donors (Lipinski definition) is 1. The number of hydrogen-bond acceptors (Lipinski definition) is 5. The van der Waals surface area contributed by atoms with E-state index >= 15 is 0 Å². The van der Waals surface area contributed by atoms with Gasteiger partial charge in [-0.2, -0.15) is 5.10 Å². The standard InChI is InChI=1S/C11H14I2N6/c12-5-18-3-1-7(2-4-18)19-11-8(9(13)17-19)10(14)15-6-16-11/h6-7H,1-5H2,(H2,14,15,16). The van der Waals surface area contributed by atoms with Crippen molar-refractivity contribution in [3.05, 3.63) is 10.0 Å². The minimum atomic E-state index is 0.416. The number of nitrogen functional groups attached to an aromatic ring is 1. The Morgan fingerprint density at radius 3 is 2.74 bits per heavy atom. The molecule has 2 aromatic rings. The fourth-order valence-electron chi connectivity index (χ4n) is 2.49. The van der Waals surface area contributed by atoms with Crippen molar-refractivity contribution in [1.82, 2.24) is 24.6 Å². The summed E-state index contributed by atoms with van der Waals surface area (Å²) in [4.78, 5) is 10.9. The second kappa shape index (κ2) is 5.64. The number of fused-ring (bicyclic) bond motifs is 1. The van der Waals surface area contributed by atoms with Gasteiger partial charge in [0.2, 0.25) is 0 Å². The normalized spacial score (nSPS) is 18.2. The SMILES string of the molecule is Nc1ncnc2c1c(I)nn2C1CCN(CI)CC1. The molecule has 8 heteroatoms. The summed E-state index contributed by atoms with van der Waals surface area (Å²) in [6.07, 6.45) is 3.74. The molecule has 0 amide bonds. The molecule has 1 saturated heterocycles. The molecule has 1 fully saturated rings. The van der Waals surface area contributed by atoms with E-state index in [1.165, 1.54) is 6.33 Å². The summed E-state index contributed by atoms with van der Waals surface area (Å²) in [5.74, 6) is 0.519. The Labute approximate surface area is 138 Å². The van der Waals surface area contributed by atoms with Crippen molar-refractivity contribution in [3.8, 4) is 0 Å². The molecule has 0 radical (unpaired) electrons. The van der Waals surface area contributed by atoms with Crippen molar-refractivity contribution in [1.29, 1.82) is 0 Å². The molecule has 0 aliphatic carbocycles. The molecule has 6 nitrogen and oxygen atoms in total. The molecule has 0 aromatic carbocycles. The summed E-state index contributed by atoms with van der Waals surface area (Å²) < 4.78 is 4.03. The van der Waals surface area contributed by atoms with E-state index in [0.717, 1.165) is 45.2 Å². The maximum absolute atomic E-state index is 5.93. The van der Waals surface area contributed by atoms with Gasteiger partial charge in [-0.1, -0.05) is 22.6 Å². The van der Waals surface area contributed by atoms with Gasteiger partial charge in [-0.25, -0.2) is 14.6 Å². The topological polar surface area (TPSA) is 72.9 Å². The van der Waals surface area contributed by atoms with Crippen LogP contribution in [0.15, 0.2) is 6.33 Å². The van der Waals surface area contributed by atoms with E-state index in [1.807, 2.05) is 4.68 Å². The first-order valence-corrected chi connectivity index (χ1v) is 8.73. The first-order chi connectivity index (χ1) is 9.20. The Kier molecular flexibility index (Phi) is 4.08. The van der Waals surface area contributed by atoms with Gasteiger partial charge in [0.25, 0.3) is 0 Å². The van der Waals surface area contributed by atoms with Crippen LogP contribution in [0.1, 0.15) is 18.9 Å². The largest absolute Gasteiger partial charge is 0.383 e. The minimum Gasteiger partial charge on any atom is -0.383 e. The number of anilines is 1. The van der Waals surface area contributed by atoms with Gasteiger partial charge in [-0.15, -0.1) is 0 Å². The zero-order chi connectivity index (χ0) is 13.4. The number of rotatable bonds is 2. The van der Waals surface area contributed by atoms with E-state index in [2.05, 4.69) is 65.1 Å². The molecular weight excluding hydrogens is 470 g/mol. The Balaban J connectivity index is 1.96. The molecule has 0 saturated carbocycles. The van der Waals surface area contributed by atoms with E-state index < -0.39 is 0 Å². The maximum atomic E-state index is 5.93. The fourth-order valence-corrected chi connectivity index (χ4v) is 3.92. The monoisotopic (exact) mass is 484 g/mol. The van der Waals surface area contributed by atoms with Crippen molar-refractivity contribution in [2.45, 2.75) is 18.9 Å². The summed E-state index contributed by atoms with van der Waals surface area (Å²) in [5, 5.41) is 5.51. The van der Waals surface area contributed by atoms with Crippen molar-refractivity contribution >= 4 is 62.0 Å². The van der Waals surface area contributed by atoms with Crippen molar-refractivity contribution in [2.24, 2.45) is 0 Å². The van der Waals surface area contributed by atoms with Crippen molar-refractivity contribution in [3.63, 3.8) is 0 Å². The van der Waals surface area contributed by atoms with Gasteiger partial charge < -0.3 is 5.73 Å². The fraction of sp³-hybridized carbons (Fsp3) is 0.545. The third-order valence-electron chi connectivity index (χ3n) is 3.55. The van der Waals surface area contributed by atoms with Crippen LogP contribution < -0.4 is 5.73 Å². The molecule has 3 rings (SSSR count). The molecule has 19 heavy (non-hydrogen) atoms. The first-order valence-electron chi connectivity index (χ1n) is 6.13. The Bertz CT molecular complexity index is 590. The van der Waals surface area contributed by atoms with Crippen molar-refractivity contribution < 1.29 is 0 Å². The molecule has 1 aliphatic rings. The van der Waals surface area contributed by atoms with E-state index in [9.17, 15) is 0 Å². The highest BCUT2D eigenvalue weighted by Gasteiger charge is 2.24. The number of aromatic nitrogens is 4. The first kappa shape index (κ1) is 13.7. The Hall–Kier alpha value is -0.230. The number of piperidine rings is 1. The summed E-state index contributed by atoms with van der Waals surface area (Å²) >= 11 is 4.62. The number of alkyl halides is 1. The lowest BCUT2D eigenvalue weighted by atomic mass is 10.1. The van der Waals surface area contributed by atoms with Crippen LogP contribution in [-0.4, -0.2) is 42.3 Å². The zero-order valence-corrected chi connectivity index (χ0v) is 14.6. The molecule has 3 heterocycles. The third-order valence-corrected chi connectivity index (χ3v) is 5.27. The number of nitrogens with two attached hydrogens (primary N) is 1. The van der Waals surface area contributed by atoms with E-state index in [1.54, 1.807) is 0 Å². The third kappa shape index (κ3) is 2.53. The highest BCUT2D eigenvalue weighted by atomic mass is 127. The van der Waals surface area contributed by atoms with Crippen LogP contribution in [0.2, 0.25) is 0 Å². The van der Waals surface area contributed by atoms with Crippen LogP contribution in [0.25, 0.3) is 11.0 Å². The lowest BCUT2D eigenvalue weighted by molar-refractivity contribution is 0.211. The van der Waals surface area contributed by atoms with E-state index in [4.69, 9.17) is 5.73 Å². The van der Waals surface area contributed by atoms with E-state index in [-0.39, 0.29) is 0 Å². The van der Waals surface area contributed by atoms with Gasteiger partial charge in [0.1, 0.15) is 15.8 Å². The van der Waals surface area contributed by atoms with Gasteiger partial charge in [-0.05, 0) is 35.4 Å². The molecule has 1 aliphatic heterocycles. The Morgan fingerprint density at radius 2 is 2.05 bits per heavy atom. The quantitative estimate of drug-likeness (QED) is 0.402. The van der Waals surface area contributed by atoms with Crippen LogP contribution in [0.3, 0.4) is 0 Å². The zero-order valence-electron chi connectivity index (χ0n) is 10.3. The van der Waals surface area contributed by atoms with Crippen LogP contribution in [-0.2, 0) is 0 Å². The average Bonchev–Trinajstić information content (AvgIpc) is 2.78. The second-order valence-electron chi connectivity index (χ2n) is 4.66. The summed E-state index contributed by atoms with van der Waals surface area (Å²) in [7, 11) is 0. The lowest BCUT2D eigenvalue weighted by Gasteiger charge is -2.30. The predicted molar refractivity (Wildman–Crippen MR) is 91.2 cm³/mol. The van der Waals surface area contributed by atoms with Gasteiger partial charge in [0.05, 0.1) is 16.0 Å². The number of halogens is 2. The second-order valence-corrected chi connectivity index (χ2v) is 6.37. The highest BCUT2D eigenvalue weighted by Crippen LogP contribution is 2.29. The van der Waals surface area contributed by atoms with Crippen LogP contribution in [0, 0.1) is 3.70 Å². The summed E-state index contributed by atoms with van der Waals surface area (Å²) in [6.45, 7) is 2.23. The maximum Gasteiger partial charge on any atom is 0.164 e. The van der Waals surface area contributed by atoms with Gasteiger partial charge in [0, 0.05) is 13.1 Å². The lowest BCUT2D eigenvalue weighted by Crippen LogP contribution is -2.34. The molecule has 2 N–H and O–H groups in total. The smallest absolute Gasteiger partial charge is 0.164 e. The number of nitrogens with zero attached hydrogens (tertiary/aromatic N) is 5. The molecule has 0 spiro atoms. The molecule has 0 bridgehead atoms. The van der Waals surface area contributed by atoms with Gasteiger partial charge in [-0.3, -0.25) is 4.90 Å². The predicted octanol–water partition coefficient (Wildman–Crippen LogP) is 2.04.